The summed E-state index contributed by atoms with van der Waals surface area (Å²) in [5.41, 5.74) is 1.18. The molecule has 2 amide bonds. The maximum absolute atomic E-state index is 12.9. The maximum Gasteiger partial charge on any atom is 0.337 e. The highest BCUT2D eigenvalue weighted by atomic mass is 79.9. The molecule has 2 N–H and O–H groups in total. The summed E-state index contributed by atoms with van der Waals surface area (Å²) >= 11 is 10.4. The molecule has 12 heteroatoms. The minimum absolute atomic E-state index is 0.0790. The molecule has 0 aromatic heterocycles. The molecule has 0 bridgehead atoms. The van der Waals surface area contributed by atoms with Gasteiger partial charge in [0.2, 0.25) is 11.8 Å². The van der Waals surface area contributed by atoms with Crippen LogP contribution < -0.4 is 10.6 Å². The smallest absolute Gasteiger partial charge is 0.337 e. The van der Waals surface area contributed by atoms with Gasteiger partial charge < -0.3 is 20.1 Å². The van der Waals surface area contributed by atoms with Crippen molar-refractivity contribution in [3.05, 3.63) is 73.7 Å². The lowest BCUT2D eigenvalue weighted by molar-refractivity contribution is -0.150. The summed E-state index contributed by atoms with van der Waals surface area (Å²) in [7, 11) is 2.39. The Balaban J connectivity index is 1.91. The van der Waals surface area contributed by atoms with Crippen LogP contribution in [0, 0.1) is 17.2 Å². The molecular formula is C24H19BrClN3O6S. The van der Waals surface area contributed by atoms with Gasteiger partial charge >= 0.3 is 11.9 Å². The quantitative estimate of drug-likeness (QED) is 0.364. The second kappa shape index (κ2) is 12.1. The molecule has 2 aromatic rings. The second-order valence-electron chi connectivity index (χ2n) is 7.40. The number of halogens is 2. The van der Waals surface area contributed by atoms with E-state index in [4.69, 9.17) is 21.1 Å². The Kier molecular flexibility index (Phi) is 9.14. The van der Waals surface area contributed by atoms with Crippen LogP contribution >= 0.6 is 39.3 Å². The van der Waals surface area contributed by atoms with Crippen molar-refractivity contribution in [3.8, 4) is 6.07 Å². The van der Waals surface area contributed by atoms with Gasteiger partial charge in [-0.15, -0.1) is 0 Å². The fourth-order valence-electron chi connectivity index (χ4n) is 3.54. The van der Waals surface area contributed by atoms with Gasteiger partial charge in [-0.25, -0.2) is 4.79 Å². The summed E-state index contributed by atoms with van der Waals surface area (Å²) in [6.45, 7) is 0. The van der Waals surface area contributed by atoms with Crippen molar-refractivity contribution >= 4 is 68.7 Å². The zero-order chi connectivity index (χ0) is 26.4. The van der Waals surface area contributed by atoms with Gasteiger partial charge in [-0.1, -0.05) is 51.4 Å². The van der Waals surface area contributed by atoms with Crippen LogP contribution in [0.2, 0.25) is 5.02 Å². The van der Waals surface area contributed by atoms with E-state index in [1.807, 2.05) is 0 Å². The van der Waals surface area contributed by atoms with E-state index in [9.17, 15) is 24.4 Å². The van der Waals surface area contributed by atoms with Crippen LogP contribution in [0.25, 0.3) is 0 Å². The third kappa shape index (κ3) is 6.07. The van der Waals surface area contributed by atoms with E-state index in [1.54, 1.807) is 18.2 Å². The number of benzene rings is 2. The van der Waals surface area contributed by atoms with Gasteiger partial charge in [-0.05, 0) is 35.9 Å². The second-order valence-corrected chi connectivity index (χ2v) is 9.71. The number of amides is 2. The summed E-state index contributed by atoms with van der Waals surface area (Å²) in [5.74, 6) is -4.96. The number of carbonyl (C=O) groups is 4. The molecule has 36 heavy (non-hydrogen) atoms. The van der Waals surface area contributed by atoms with Crippen LogP contribution in [0.1, 0.15) is 21.8 Å². The fraction of sp³-hybridized carbons (Fsp3) is 0.208. The van der Waals surface area contributed by atoms with Gasteiger partial charge in [0.05, 0.1) is 52.9 Å². The number of hydrogen-bond donors (Lipinski definition) is 2. The fourth-order valence-corrected chi connectivity index (χ4v) is 5.11. The molecule has 0 radical (unpaired) electrons. The van der Waals surface area contributed by atoms with Crippen LogP contribution in [0.5, 0.6) is 0 Å². The zero-order valence-corrected chi connectivity index (χ0v) is 22.1. The first-order valence-corrected chi connectivity index (χ1v) is 12.4. The average molecular weight is 593 g/mol. The first kappa shape index (κ1) is 27.3. The van der Waals surface area contributed by atoms with Crippen LogP contribution in [0.15, 0.2) is 57.5 Å². The number of nitrogens with zero attached hydrogens (tertiary/aromatic N) is 1. The molecule has 186 valence electrons. The van der Waals surface area contributed by atoms with Gasteiger partial charge in [0.15, 0.2) is 0 Å². The first-order chi connectivity index (χ1) is 17.2. The zero-order valence-electron chi connectivity index (χ0n) is 19.0. The summed E-state index contributed by atoms with van der Waals surface area (Å²) < 4.78 is 10.3. The summed E-state index contributed by atoms with van der Waals surface area (Å²) in [6.07, 6.45) is 0. The van der Waals surface area contributed by atoms with Crippen molar-refractivity contribution in [2.24, 2.45) is 5.92 Å². The third-order valence-corrected chi connectivity index (χ3v) is 7.05. The Morgan fingerprint density at radius 2 is 1.86 bits per heavy atom. The monoisotopic (exact) mass is 591 g/mol. The summed E-state index contributed by atoms with van der Waals surface area (Å²) in [5, 5.41) is 15.7. The number of thioether (sulfide) groups is 1. The van der Waals surface area contributed by atoms with Gasteiger partial charge in [0, 0.05) is 10.4 Å². The van der Waals surface area contributed by atoms with Crippen LogP contribution in [-0.4, -0.2) is 43.7 Å². The molecule has 0 saturated heterocycles. The molecule has 9 nitrogen and oxygen atoms in total. The molecule has 1 heterocycles. The van der Waals surface area contributed by atoms with Gasteiger partial charge in [-0.3, -0.25) is 14.4 Å². The van der Waals surface area contributed by atoms with Gasteiger partial charge in [0.25, 0.3) is 0 Å². The number of allylic oxidation sites excluding steroid dienone is 1. The minimum atomic E-state index is -1.34. The lowest BCUT2D eigenvalue weighted by Gasteiger charge is -2.31. The molecule has 0 unspecified atom stereocenters. The number of methoxy groups -OCH3 is 2. The van der Waals surface area contributed by atoms with Gasteiger partial charge in [0.1, 0.15) is 5.92 Å². The van der Waals surface area contributed by atoms with Crippen molar-refractivity contribution in [3.63, 3.8) is 0 Å². The Labute approximate surface area is 224 Å². The van der Waals surface area contributed by atoms with E-state index in [-0.39, 0.29) is 21.9 Å². The largest absolute Gasteiger partial charge is 0.468 e. The Morgan fingerprint density at radius 3 is 2.44 bits per heavy atom. The van der Waals surface area contributed by atoms with Crippen LogP contribution in [0.3, 0.4) is 0 Å². The first-order valence-electron chi connectivity index (χ1n) is 10.3. The summed E-state index contributed by atoms with van der Waals surface area (Å²) in [4.78, 5) is 49.7. The van der Waals surface area contributed by atoms with Crippen LogP contribution in [-0.2, 0) is 23.9 Å². The Morgan fingerprint density at radius 1 is 1.17 bits per heavy atom. The number of rotatable bonds is 7. The van der Waals surface area contributed by atoms with E-state index >= 15 is 0 Å². The molecule has 0 saturated carbocycles. The van der Waals surface area contributed by atoms with E-state index in [2.05, 4.69) is 32.6 Å². The predicted octanol–water partition coefficient (Wildman–Crippen LogP) is 4.00. The van der Waals surface area contributed by atoms with E-state index < -0.39 is 35.6 Å². The highest BCUT2D eigenvalue weighted by molar-refractivity contribution is 9.10. The van der Waals surface area contributed by atoms with Crippen molar-refractivity contribution in [1.29, 1.82) is 5.26 Å². The standard InChI is InChI=1S/C24H19BrClN3O6S/c1-34-23(32)13-5-3-12(4-6-13)19-15(10-27)22(29-21(31)20(19)24(33)35-2)36-11-18(30)28-17-8-7-14(25)9-16(17)26/h3-9,19-20H,11H2,1-2H3,(H,28,30)(H,29,31)/t19-,20-/m1/s1. The normalized spacial score (nSPS) is 17.0. The Hall–Kier alpha value is -3.33. The maximum atomic E-state index is 12.9. The lowest BCUT2D eigenvalue weighted by atomic mass is 9.78. The number of ether oxygens (including phenoxy) is 2. The van der Waals surface area contributed by atoms with Crippen molar-refractivity contribution < 1.29 is 28.7 Å². The van der Waals surface area contributed by atoms with E-state index in [1.165, 1.54) is 31.4 Å². The molecule has 2 atom stereocenters. The number of carbonyl (C=O) groups excluding carboxylic acids is 4. The van der Waals surface area contributed by atoms with E-state index in [0.29, 0.717) is 16.3 Å². The number of nitrogens with one attached hydrogen (secondary N) is 2. The molecule has 0 fully saturated rings. The number of hydrogen-bond acceptors (Lipinski definition) is 8. The minimum Gasteiger partial charge on any atom is -0.468 e. The van der Waals surface area contributed by atoms with Crippen molar-refractivity contribution in [2.45, 2.75) is 5.92 Å². The molecule has 3 rings (SSSR count). The number of esters is 2. The molecular weight excluding hydrogens is 574 g/mol. The molecule has 0 spiro atoms. The molecule has 1 aliphatic rings. The highest BCUT2D eigenvalue weighted by Gasteiger charge is 2.44. The lowest BCUT2D eigenvalue weighted by Crippen LogP contribution is -2.44. The SMILES string of the molecule is COC(=O)c1ccc([C@@H]2C(C#N)=C(SCC(=O)Nc3ccc(Br)cc3Cl)NC(=O)[C@@H]2C(=O)OC)cc1. The van der Waals surface area contributed by atoms with Crippen molar-refractivity contribution in [2.75, 3.05) is 25.3 Å². The predicted molar refractivity (Wildman–Crippen MR) is 137 cm³/mol. The number of anilines is 1. The topological polar surface area (TPSA) is 135 Å². The van der Waals surface area contributed by atoms with Crippen molar-refractivity contribution in [1.82, 2.24) is 5.32 Å². The third-order valence-electron chi connectivity index (χ3n) is 5.23. The Bertz CT molecular complexity index is 1290. The molecule has 2 aromatic carbocycles. The van der Waals surface area contributed by atoms with Gasteiger partial charge in [-0.2, -0.15) is 5.26 Å². The summed E-state index contributed by atoms with van der Waals surface area (Å²) in [6, 6.07) is 13.0. The average Bonchev–Trinajstić information content (AvgIpc) is 2.87. The molecule has 0 aliphatic carbocycles. The van der Waals surface area contributed by atoms with E-state index in [0.717, 1.165) is 23.3 Å². The highest BCUT2D eigenvalue weighted by Crippen LogP contribution is 2.40. The molecule has 1 aliphatic heterocycles. The number of nitriles is 1. The van der Waals surface area contributed by atoms with Crippen LogP contribution in [0.4, 0.5) is 5.69 Å².